The maximum Gasteiger partial charge on any atom is 0.255 e. The van der Waals surface area contributed by atoms with Crippen molar-refractivity contribution in [2.24, 2.45) is 0 Å². The van der Waals surface area contributed by atoms with E-state index in [1.807, 2.05) is 6.07 Å². The van der Waals surface area contributed by atoms with Crippen LogP contribution in [0.5, 0.6) is 0 Å². The van der Waals surface area contributed by atoms with Gasteiger partial charge in [-0.05, 0) is 36.8 Å². The van der Waals surface area contributed by atoms with E-state index >= 15 is 0 Å². The zero-order chi connectivity index (χ0) is 14.7. The SMILES string of the molecule is Cc1ccccc1C(=O)Nc1cc(Cl)ccc1C(=O)[O-]. The van der Waals surface area contributed by atoms with Crippen molar-refractivity contribution in [2.75, 3.05) is 5.32 Å². The Labute approximate surface area is 121 Å². The Bertz CT molecular complexity index is 683. The predicted molar refractivity (Wildman–Crippen MR) is 74.9 cm³/mol. The number of carbonyl (C=O) groups excluding carboxylic acids is 2. The van der Waals surface area contributed by atoms with Crippen molar-refractivity contribution in [1.82, 2.24) is 0 Å². The maximum absolute atomic E-state index is 12.2. The number of benzene rings is 2. The van der Waals surface area contributed by atoms with Crippen LogP contribution in [0, 0.1) is 6.92 Å². The number of hydrogen-bond acceptors (Lipinski definition) is 3. The third kappa shape index (κ3) is 2.97. The van der Waals surface area contributed by atoms with Gasteiger partial charge >= 0.3 is 0 Å². The van der Waals surface area contributed by atoms with Gasteiger partial charge in [0.15, 0.2) is 0 Å². The molecule has 0 aromatic heterocycles. The number of carboxylic acid groups (broad SMARTS) is 1. The van der Waals surface area contributed by atoms with Gasteiger partial charge in [-0.1, -0.05) is 29.8 Å². The molecule has 5 heteroatoms. The highest BCUT2D eigenvalue weighted by atomic mass is 35.5. The topological polar surface area (TPSA) is 69.2 Å². The van der Waals surface area contributed by atoms with Crippen molar-refractivity contribution >= 4 is 29.2 Å². The first-order valence-electron chi connectivity index (χ1n) is 5.87. The summed E-state index contributed by atoms with van der Waals surface area (Å²) in [5.74, 6) is -1.77. The zero-order valence-corrected chi connectivity index (χ0v) is 11.4. The Morgan fingerprint density at radius 2 is 1.80 bits per heavy atom. The fraction of sp³-hybridized carbons (Fsp3) is 0.0667. The standard InChI is InChI=1S/C15H12ClNO3/c1-9-4-2-3-5-11(9)14(18)17-13-8-10(16)6-7-12(13)15(19)20/h2-8H,1H3,(H,17,18)(H,19,20)/p-1. The molecular formula is C15H11ClNO3-. The molecule has 0 aliphatic carbocycles. The first kappa shape index (κ1) is 14.1. The summed E-state index contributed by atoms with van der Waals surface area (Å²) in [4.78, 5) is 23.2. The van der Waals surface area contributed by atoms with Crippen molar-refractivity contribution in [2.45, 2.75) is 6.92 Å². The number of hydrogen-bond donors (Lipinski definition) is 1. The first-order valence-corrected chi connectivity index (χ1v) is 6.24. The number of carbonyl (C=O) groups is 2. The van der Waals surface area contributed by atoms with E-state index in [9.17, 15) is 14.7 Å². The third-order valence-corrected chi connectivity index (χ3v) is 3.07. The Balaban J connectivity index is 2.35. The van der Waals surface area contributed by atoms with Crippen molar-refractivity contribution in [3.63, 3.8) is 0 Å². The second kappa shape index (κ2) is 5.75. The van der Waals surface area contributed by atoms with Crippen molar-refractivity contribution in [3.8, 4) is 0 Å². The van der Waals surface area contributed by atoms with E-state index in [1.54, 1.807) is 25.1 Å². The van der Waals surface area contributed by atoms with Gasteiger partial charge < -0.3 is 15.2 Å². The summed E-state index contributed by atoms with van der Waals surface area (Å²) in [7, 11) is 0. The monoisotopic (exact) mass is 288 g/mol. The van der Waals surface area contributed by atoms with Gasteiger partial charge in [0.2, 0.25) is 0 Å². The molecule has 2 rings (SSSR count). The maximum atomic E-state index is 12.2. The molecule has 0 aliphatic heterocycles. The fourth-order valence-electron chi connectivity index (χ4n) is 1.82. The molecule has 0 saturated heterocycles. The van der Waals surface area contributed by atoms with Gasteiger partial charge in [0, 0.05) is 16.1 Å². The lowest BCUT2D eigenvalue weighted by Gasteiger charge is -2.13. The average Bonchev–Trinajstić information content (AvgIpc) is 2.38. The molecule has 1 amide bonds. The fourth-order valence-corrected chi connectivity index (χ4v) is 1.99. The molecule has 0 spiro atoms. The van der Waals surface area contributed by atoms with Crippen LogP contribution in [-0.4, -0.2) is 11.9 Å². The zero-order valence-electron chi connectivity index (χ0n) is 10.6. The number of aromatic carboxylic acids is 1. The highest BCUT2D eigenvalue weighted by Crippen LogP contribution is 2.21. The van der Waals surface area contributed by atoms with Crippen LogP contribution < -0.4 is 10.4 Å². The molecule has 1 N–H and O–H groups in total. The second-order valence-corrected chi connectivity index (χ2v) is 4.68. The Hall–Kier alpha value is -2.33. The van der Waals surface area contributed by atoms with Crippen molar-refractivity contribution in [3.05, 3.63) is 64.2 Å². The minimum absolute atomic E-state index is 0.115. The highest BCUT2D eigenvalue weighted by Gasteiger charge is 2.12. The lowest BCUT2D eigenvalue weighted by molar-refractivity contribution is -0.254. The summed E-state index contributed by atoms with van der Waals surface area (Å²) in [6.07, 6.45) is 0. The van der Waals surface area contributed by atoms with E-state index in [1.165, 1.54) is 18.2 Å². The van der Waals surface area contributed by atoms with Crippen LogP contribution in [0.1, 0.15) is 26.3 Å². The van der Waals surface area contributed by atoms with E-state index in [0.717, 1.165) is 5.56 Å². The van der Waals surface area contributed by atoms with Gasteiger partial charge in [-0.25, -0.2) is 0 Å². The molecule has 0 aliphatic rings. The summed E-state index contributed by atoms with van der Waals surface area (Å²) in [6, 6.07) is 11.1. The average molecular weight is 289 g/mol. The normalized spacial score (nSPS) is 10.1. The van der Waals surface area contributed by atoms with Crippen LogP contribution in [0.15, 0.2) is 42.5 Å². The second-order valence-electron chi connectivity index (χ2n) is 4.25. The van der Waals surface area contributed by atoms with Gasteiger partial charge in [-0.15, -0.1) is 0 Å². The molecule has 0 bridgehead atoms. The Morgan fingerprint density at radius 1 is 1.10 bits per heavy atom. The number of amides is 1. The van der Waals surface area contributed by atoms with Crippen LogP contribution in [0.25, 0.3) is 0 Å². The van der Waals surface area contributed by atoms with E-state index in [-0.39, 0.29) is 11.3 Å². The van der Waals surface area contributed by atoms with E-state index in [2.05, 4.69) is 5.32 Å². The molecule has 0 radical (unpaired) electrons. The molecule has 0 fully saturated rings. The summed E-state index contributed by atoms with van der Waals surface area (Å²) < 4.78 is 0. The summed E-state index contributed by atoms with van der Waals surface area (Å²) in [5, 5.41) is 13.9. The smallest absolute Gasteiger partial charge is 0.255 e. The van der Waals surface area contributed by atoms with Gasteiger partial charge in [0.1, 0.15) is 0 Å². The molecule has 102 valence electrons. The third-order valence-electron chi connectivity index (χ3n) is 2.84. The molecule has 4 nitrogen and oxygen atoms in total. The number of aryl methyl sites for hydroxylation is 1. The molecule has 0 saturated carbocycles. The molecule has 0 atom stereocenters. The summed E-state index contributed by atoms with van der Waals surface area (Å²) in [5.41, 5.74) is 1.26. The molecule has 2 aromatic rings. The molecule has 0 unspecified atom stereocenters. The summed E-state index contributed by atoms with van der Waals surface area (Å²) in [6.45, 7) is 1.80. The molecule has 20 heavy (non-hydrogen) atoms. The van der Waals surface area contributed by atoms with Crippen molar-refractivity contribution in [1.29, 1.82) is 0 Å². The Morgan fingerprint density at radius 3 is 2.45 bits per heavy atom. The predicted octanol–water partition coefficient (Wildman–Crippen LogP) is 2.26. The Kier molecular flexibility index (Phi) is 4.05. The number of rotatable bonds is 3. The van der Waals surface area contributed by atoms with Crippen LogP contribution >= 0.6 is 11.6 Å². The number of nitrogens with one attached hydrogen (secondary N) is 1. The minimum atomic E-state index is -1.37. The number of carboxylic acids is 1. The number of halogens is 1. The lowest BCUT2D eigenvalue weighted by atomic mass is 10.1. The van der Waals surface area contributed by atoms with Gasteiger partial charge in [0.25, 0.3) is 5.91 Å². The summed E-state index contributed by atoms with van der Waals surface area (Å²) >= 11 is 5.82. The van der Waals surface area contributed by atoms with E-state index < -0.39 is 11.9 Å². The van der Waals surface area contributed by atoms with Gasteiger partial charge in [-0.2, -0.15) is 0 Å². The van der Waals surface area contributed by atoms with E-state index in [4.69, 9.17) is 11.6 Å². The van der Waals surface area contributed by atoms with Gasteiger partial charge in [0.05, 0.1) is 11.7 Å². The molecular weight excluding hydrogens is 278 g/mol. The van der Waals surface area contributed by atoms with Crippen molar-refractivity contribution < 1.29 is 14.7 Å². The lowest BCUT2D eigenvalue weighted by Crippen LogP contribution is -2.25. The largest absolute Gasteiger partial charge is 0.545 e. The van der Waals surface area contributed by atoms with Gasteiger partial charge in [-0.3, -0.25) is 4.79 Å². The number of anilines is 1. The van der Waals surface area contributed by atoms with Crippen LogP contribution in [0.2, 0.25) is 5.02 Å². The van der Waals surface area contributed by atoms with Crippen LogP contribution in [0.4, 0.5) is 5.69 Å². The quantitative estimate of drug-likeness (QED) is 0.942. The molecule has 0 heterocycles. The minimum Gasteiger partial charge on any atom is -0.545 e. The van der Waals surface area contributed by atoms with E-state index in [0.29, 0.717) is 10.6 Å². The van der Waals surface area contributed by atoms with Crippen LogP contribution in [-0.2, 0) is 0 Å². The molecule has 2 aromatic carbocycles. The first-order chi connectivity index (χ1) is 9.49. The highest BCUT2D eigenvalue weighted by molar-refractivity contribution is 6.31. The van der Waals surface area contributed by atoms with Crippen LogP contribution in [0.3, 0.4) is 0 Å².